The van der Waals surface area contributed by atoms with Gasteiger partial charge in [0.05, 0.1) is 27.1 Å². The molecule has 188 valence electrons. The molecule has 5 nitrogen and oxygen atoms in total. The van der Waals surface area contributed by atoms with Crippen LogP contribution in [-0.2, 0) is 15.8 Å². The molecule has 1 aliphatic heterocycles. The molecule has 1 aromatic heterocycles. The summed E-state index contributed by atoms with van der Waals surface area (Å²) in [6.45, 7) is 0. The molecule has 2 heterocycles. The molecule has 0 bridgehead atoms. The fourth-order valence-electron chi connectivity index (χ4n) is 4.12. The average Bonchev–Trinajstić information content (AvgIpc) is 3.66. The van der Waals surface area contributed by atoms with Crippen LogP contribution in [0.25, 0.3) is 11.1 Å². The summed E-state index contributed by atoms with van der Waals surface area (Å²) >= 11 is 13.1. The minimum absolute atomic E-state index is 0.156. The van der Waals surface area contributed by atoms with Crippen molar-refractivity contribution < 1.29 is 22.8 Å². The quantitative estimate of drug-likeness (QED) is 0.307. The summed E-state index contributed by atoms with van der Waals surface area (Å²) in [4.78, 5) is 31.4. The largest absolute Gasteiger partial charge is 0.416 e. The number of benzene rings is 2. The number of aromatic nitrogens is 1. The Balaban J connectivity index is 1.51. The first-order valence-corrected chi connectivity index (χ1v) is 12.8. The van der Waals surface area contributed by atoms with Crippen LogP contribution in [0.2, 0.25) is 10.0 Å². The highest BCUT2D eigenvalue weighted by molar-refractivity contribution is 8.00. The molecule has 2 aromatic carbocycles. The molecule has 0 N–H and O–H groups in total. The van der Waals surface area contributed by atoms with E-state index in [2.05, 4.69) is 11.1 Å². The summed E-state index contributed by atoms with van der Waals surface area (Å²) in [6, 6.07) is 13.5. The molecule has 1 atom stereocenters. The molecule has 1 unspecified atom stereocenters. The van der Waals surface area contributed by atoms with E-state index in [0.717, 1.165) is 48.0 Å². The van der Waals surface area contributed by atoms with E-state index in [4.69, 9.17) is 23.2 Å². The Morgan fingerprint density at radius 1 is 1.05 bits per heavy atom. The maximum atomic E-state index is 13.3. The van der Waals surface area contributed by atoms with Gasteiger partial charge in [0.1, 0.15) is 11.1 Å². The van der Waals surface area contributed by atoms with Crippen LogP contribution in [-0.4, -0.2) is 22.0 Å². The smallest absolute Gasteiger partial charge is 0.274 e. The minimum Gasteiger partial charge on any atom is -0.274 e. The third-order valence-electron chi connectivity index (χ3n) is 6.14. The van der Waals surface area contributed by atoms with Crippen LogP contribution in [0, 0.1) is 11.3 Å². The highest BCUT2D eigenvalue weighted by Crippen LogP contribution is 2.45. The van der Waals surface area contributed by atoms with Gasteiger partial charge in [0.25, 0.3) is 0 Å². The number of amides is 2. The number of nitriles is 1. The van der Waals surface area contributed by atoms with Gasteiger partial charge in [-0.3, -0.25) is 9.59 Å². The zero-order chi connectivity index (χ0) is 26.5. The van der Waals surface area contributed by atoms with Gasteiger partial charge < -0.3 is 0 Å². The van der Waals surface area contributed by atoms with Gasteiger partial charge in [0.15, 0.2) is 0 Å². The van der Waals surface area contributed by atoms with Crippen molar-refractivity contribution in [3.05, 3.63) is 75.4 Å². The monoisotopic (exact) mass is 561 g/mol. The number of carbonyl (C=O) groups is 2. The maximum Gasteiger partial charge on any atom is 0.416 e. The van der Waals surface area contributed by atoms with Gasteiger partial charge in [-0.2, -0.15) is 18.4 Å². The van der Waals surface area contributed by atoms with Crippen molar-refractivity contribution in [2.75, 3.05) is 4.90 Å². The van der Waals surface area contributed by atoms with E-state index in [1.807, 2.05) is 6.07 Å². The van der Waals surface area contributed by atoms with E-state index in [9.17, 15) is 28.0 Å². The molecule has 1 saturated heterocycles. The van der Waals surface area contributed by atoms with Gasteiger partial charge in [0.2, 0.25) is 11.8 Å². The molecular formula is C26H16Cl2F3N3O2S. The van der Waals surface area contributed by atoms with Crippen molar-refractivity contribution in [2.24, 2.45) is 0 Å². The molecular weight excluding hydrogens is 546 g/mol. The molecule has 2 aliphatic rings. The molecule has 5 rings (SSSR count). The maximum absolute atomic E-state index is 13.3. The van der Waals surface area contributed by atoms with E-state index in [1.165, 1.54) is 0 Å². The van der Waals surface area contributed by atoms with Crippen LogP contribution < -0.4 is 4.90 Å². The summed E-state index contributed by atoms with van der Waals surface area (Å²) in [5.41, 5.74) is 1.05. The lowest BCUT2D eigenvalue weighted by Crippen LogP contribution is -2.31. The van der Waals surface area contributed by atoms with Crippen molar-refractivity contribution in [3.8, 4) is 17.2 Å². The fraction of sp³-hybridized carbons (Fsp3) is 0.231. The molecule has 11 heteroatoms. The van der Waals surface area contributed by atoms with E-state index >= 15 is 0 Å². The fourth-order valence-corrected chi connectivity index (χ4v) is 5.58. The normalized spacial score (nSPS) is 17.8. The average molecular weight is 562 g/mol. The van der Waals surface area contributed by atoms with Crippen LogP contribution in [0.1, 0.15) is 42.0 Å². The highest BCUT2D eigenvalue weighted by Gasteiger charge is 2.43. The van der Waals surface area contributed by atoms with Crippen molar-refractivity contribution in [2.45, 2.75) is 41.6 Å². The summed E-state index contributed by atoms with van der Waals surface area (Å²) in [7, 11) is 0. The zero-order valence-corrected chi connectivity index (χ0v) is 21.2. The first-order valence-electron chi connectivity index (χ1n) is 11.2. The molecule has 2 fully saturated rings. The number of halogens is 5. The molecule has 3 aromatic rings. The second-order valence-electron chi connectivity index (χ2n) is 8.71. The van der Waals surface area contributed by atoms with Crippen LogP contribution in [0.5, 0.6) is 0 Å². The molecule has 1 aliphatic carbocycles. The van der Waals surface area contributed by atoms with Crippen LogP contribution >= 0.6 is 35.0 Å². The van der Waals surface area contributed by atoms with E-state index in [1.54, 1.807) is 24.3 Å². The second-order valence-corrected chi connectivity index (χ2v) is 10.7. The highest BCUT2D eigenvalue weighted by atomic mass is 35.5. The van der Waals surface area contributed by atoms with E-state index < -0.39 is 28.8 Å². The number of alkyl halides is 3. The minimum atomic E-state index is -4.67. The van der Waals surface area contributed by atoms with Gasteiger partial charge in [-0.05, 0) is 54.8 Å². The number of rotatable bonds is 5. The number of thioether (sulfide) groups is 1. The van der Waals surface area contributed by atoms with Crippen molar-refractivity contribution in [3.63, 3.8) is 0 Å². The number of anilines is 1. The zero-order valence-electron chi connectivity index (χ0n) is 18.9. The summed E-state index contributed by atoms with van der Waals surface area (Å²) < 4.78 is 39.8. The van der Waals surface area contributed by atoms with Crippen LogP contribution in [0.15, 0.2) is 53.6 Å². The van der Waals surface area contributed by atoms with Gasteiger partial charge in [0, 0.05) is 28.6 Å². The Morgan fingerprint density at radius 3 is 2.38 bits per heavy atom. The first-order chi connectivity index (χ1) is 17.6. The molecule has 37 heavy (non-hydrogen) atoms. The number of carbonyl (C=O) groups excluding carboxylic acids is 2. The lowest BCUT2D eigenvalue weighted by Gasteiger charge is -2.18. The van der Waals surface area contributed by atoms with Gasteiger partial charge >= 0.3 is 6.18 Å². The summed E-state index contributed by atoms with van der Waals surface area (Å²) in [5, 5.41) is 9.70. The molecule has 1 saturated carbocycles. The Labute approximate surface area is 224 Å². The number of nitrogens with zero attached hydrogens (tertiary/aromatic N) is 3. The Morgan fingerprint density at radius 2 is 1.76 bits per heavy atom. The second kappa shape index (κ2) is 9.67. The Bertz CT molecular complexity index is 1470. The number of hydrogen-bond donors (Lipinski definition) is 0. The van der Waals surface area contributed by atoms with Crippen LogP contribution in [0.3, 0.4) is 0 Å². The van der Waals surface area contributed by atoms with Gasteiger partial charge in [-0.15, -0.1) is 0 Å². The molecule has 2 amide bonds. The summed E-state index contributed by atoms with van der Waals surface area (Å²) in [5.74, 6) is -1.16. The number of imide groups is 1. The van der Waals surface area contributed by atoms with E-state index in [-0.39, 0.29) is 28.6 Å². The lowest BCUT2D eigenvalue weighted by molar-refractivity contribution is -0.137. The van der Waals surface area contributed by atoms with Crippen molar-refractivity contribution >= 4 is 52.5 Å². The third kappa shape index (κ3) is 5.06. The van der Waals surface area contributed by atoms with Crippen molar-refractivity contribution in [1.82, 2.24) is 4.98 Å². The number of pyridine rings is 1. The predicted molar refractivity (Wildman–Crippen MR) is 135 cm³/mol. The lowest BCUT2D eigenvalue weighted by atomic mass is 10.0. The van der Waals surface area contributed by atoms with E-state index in [0.29, 0.717) is 26.6 Å². The standard InChI is InChI=1S/C26H16Cl2F3N3O2S/c27-16-6-3-13(4-7-16)17-10-20(14-1-2-14)33-24(18(17)12-32)37-22-11-23(35)34(25(22)36)21-9-15(26(29,30)31)5-8-19(21)28/h3-10,14,22H,1-2,11H2. The molecule has 0 spiro atoms. The van der Waals surface area contributed by atoms with Crippen molar-refractivity contribution in [1.29, 1.82) is 5.26 Å². The predicted octanol–water partition coefficient (Wildman–Crippen LogP) is 7.25. The van der Waals surface area contributed by atoms with Crippen LogP contribution in [0.4, 0.5) is 18.9 Å². The Kier molecular flexibility index (Phi) is 6.69. The van der Waals surface area contributed by atoms with Gasteiger partial charge in [-0.25, -0.2) is 9.88 Å². The number of hydrogen-bond acceptors (Lipinski definition) is 5. The Hall–Kier alpha value is -3.06. The summed E-state index contributed by atoms with van der Waals surface area (Å²) in [6.07, 6.45) is -3.05. The molecule has 0 radical (unpaired) electrons. The first kappa shape index (κ1) is 25.6. The third-order valence-corrected chi connectivity index (χ3v) is 7.89. The topological polar surface area (TPSA) is 74.1 Å². The van der Waals surface area contributed by atoms with Gasteiger partial charge in [-0.1, -0.05) is 47.1 Å². The SMILES string of the molecule is N#Cc1c(-c2ccc(Cl)cc2)cc(C2CC2)nc1SC1CC(=O)N(c2cc(C(F)(F)F)ccc2Cl)C1=O.